The summed E-state index contributed by atoms with van der Waals surface area (Å²) in [6.07, 6.45) is 0. The van der Waals surface area contributed by atoms with Gasteiger partial charge in [-0.1, -0.05) is 170 Å². The lowest BCUT2D eigenvalue weighted by molar-refractivity contribution is 1.16. The van der Waals surface area contributed by atoms with Gasteiger partial charge in [0, 0.05) is 66.1 Å². The van der Waals surface area contributed by atoms with Crippen LogP contribution in [0.4, 0.5) is 0 Å². The van der Waals surface area contributed by atoms with Crippen molar-refractivity contribution in [2.45, 2.75) is 27.7 Å². The van der Waals surface area contributed by atoms with Crippen molar-refractivity contribution in [1.29, 1.82) is 0 Å². The standard InChI is InChI=1S/C74H53N5/c1-46-17-5-7-19-57(46)66-45-65(75-74(76-66)58-20-8-6-18-47(58)2)51-29-31-52(32-30-51)73-48(3)41-53(42-49(73)4)50-33-35-54(36-34-50)77-71-39-37-55(78-67-25-13-9-21-59(67)60-22-10-14-26-68(60)78)43-63(71)64-44-56(38-40-72(64)77)79-69-27-15-11-23-61(69)62-24-12-16-28-70(62)79/h5-45H,1-4H3. The normalized spacial score (nSPS) is 11.8. The van der Waals surface area contributed by atoms with E-state index in [-0.39, 0.29) is 0 Å². The summed E-state index contributed by atoms with van der Waals surface area (Å²) in [6, 6.07) is 90.7. The van der Waals surface area contributed by atoms with E-state index in [4.69, 9.17) is 9.97 Å². The van der Waals surface area contributed by atoms with Crippen LogP contribution in [-0.2, 0) is 0 Å². The van der Waals surface area contributed by atoms with Gasteiger partial charge in [0.2, 0.25) is 0 Å². The zero-order valence-corrected chi connectivity index (χ0v) is 44.4. The average Bonchev–Trinajstić information content (AvgIpc) is 4.27. The van der Waals surface area contributed by atoms with Gasteiger partial charge in [-0.3, -0.25) is 0 Å². The quantitative estimate of drug-likeness (QED) is 0.152. The Morgan fingerprint density at radius 1 is 0.253 bits per heavy atom. The molecule has 0 saturated carbocycles. The van der Waals surface area contributed by atoms with Crippen molar-refractivity contribution in [1.82, 2.24) is 23.7 Å². The van der Waals surface area contributed by atoms with E-state index in [0.717, 1.165) is 67.6 Å². The first-order valence-corrected chi connectivity index (χ1v) is 27.2. The maximum absolute atomic E-state index is 5.17. The molecule has 5 nitrogen and oxygen atoms in total. The fourth-order valence-corrected chi connectivity index (χ4v) is 12.7. The van der Waals surface area contributed by atoms with Crippen LogP contribution in [0.2, 0.25) is 0 Å². The molecule has 5 heteroatoms. The maximum Gasteiger partial charge on any atom is 0.160 e. The zero-order chi connectivity index (χ0) is 52.9. The first-order valence-electron chi connectivity index (χ1n) is 27.2. The van der Waals surface area contributed by atoms with Crippen molar-refractivity contribution in [2.24, 2.45) is 0 Å². The summed E-state index contributed by atoms with van der Waals surface area (Å²) >= 11 is 0. The third-order valence-corrected chi connectivity index (χ3v) is 16.4. The summed E-state index contributed by atoms with van der Waals surface area (Å²) in [6.45, 7) is 8.74. The molecule has 0 saturated heterocycles. The van der Waals surface area contributed by atoms with E-state index in [9.17, 15) is 0 Å². The Labute approximate surface area is 458 Å². The summed E-state index contributed by atoms with van der Waals surface area (Å²) in [7, 11) is 0. The monoisotopic (exact) mass is 1010 g/mol. The van der Waals surface area contributed by atoms with E-state index in [2.05, 4.69) is 290 Å². The number of fused-ring (bicyclic) bond motifs is 9. The first kappa shape index (κ1) is 46.2. The predicted molar refractivity (Wildman–Crippen MR) is 331 cm³/mol. The third kappa shape index (κ3) is 7.53. The highest BCUT2D eigenvalue weighted by atomic mass is 15.0. The van der Waals surface area contributed by atoms with Gasteiger partial charge in [-0.2, -0.15) is 0 Å². The molecule has 0 radical (unpaired) electrons. The molecule has 0 spiro atoms. The fourth-order valence-electron chi connectivity index (χ4n) is 12.7. The van der Waals surface area contributed by atoms with Gasteiger partial charge < -0.3 is 13.7 Å². The molecule has 0 amide bonds. The molecule has 0 fully saturated rings. The zero-order valence-electron chi connectivity index (χ0n) is 44.4. The molecule has 0 aliphatic rings. The second-order valence-corrected chi connectivity index (χ2v) is 21.2. The molecule has 374 valence electrons. The average molecular weight is 1010 g/mol. The Bertz CT molecular complexity index is 4570. The number of benzene rings is 11. The molecule has 0 N–H and O–H groups in total. The Hall–Kier alpha value is -10.1. The minimum absolute atomic E-state index is 0.735. The fraction of sp³-hybridized carbons (Fsp3) is 0.0541. The van der Waals surface area contributed by atoms with Crippen LogP contribution in [0.3, 0.4) is 0 Å². The molecule has 4 heterocycles. The number of aromatic nitrogens is 5. The second-order valence-electron chi connectivity index (χ2n) is 21.2. The van der Waals surface area contributed by atoms with E-state index >= 15 is 0 Å². The van der Waals surface area contributed by atoms with Crippen molar-refractivity contribution in [2.75, 3.05) is 0 Å². The van der Waals surface area contributed by atoms with Crippen LogP contribution in [0.5, 0.6) is 0 Å². The maximum atomic E-state index is 5.17. The van der Waals surface area contributed by atoms with E-state index < -0.39 is 0 Å². The van der Waals surface area contributed by atoms with Crippen LogP contribution in [0.15, 0.2) is 249 Å². The van der Waals surface area contributed by atoms with Crippen molar-refractivity contribution >= 4 is 65.4 Å². The van der Waals surface area contributed by atoms with Crippen LogP contribution >= 0.6 is 0 Å². The van der Waals surface area contributed by atoms with Crippen LogP contribution in [0.1, 0.15) is 22.3 Å². The van der Waals surface area contributed by atoms with Gasteiger partial charge in [0.05, 0.1) is 44.5 Å². The first-order chi connectivity index (χ1) is 38.8. The minimum Gasteiger partial charge on any atom is -0.309 e. The molecule has 0 unspecified atom stereocenters. The Morgan fingerprint density at radius 2 is 0.633 bits per heavy atom. The molecule has 79 heavy (non-hydrogen) atoms. The Balaban J connectivity index is 0.806. The molecule has 0 atom stereocenters. The Kier molecular flexibility index (Phi) is 10.7. The van der Waals surface area contributed by atoms with Gasteiger partial charge in [0.25, 0.3) is 0 Å². The number of nitrogens with zero attached hydrogens (tertiary/aromatic N) is 5. The smallest absolute Gasteiger partial charge is 0.160 e. The topological polar surface area (TPSA) is 40.6 Å². The van der Waals surface area contributed by atoms with Crippen LogP contribution in [0.25, 0.3) is 139 Å². The predicted octanol–water partition coefficient (Wildman–Crippen LogP) is 19.3. The van der Waals surface area contributed by atoms with E-state index in [0.29, 0.717) is 0 Å². The van der Waals surface area contributed by atoms with E-state index in [1.54, 1.807) is 0 Å². The second kappa shape index (κ2) is 18.3. The molecule has 4 aromatic heterocycles. The summed E-state index contributed by atoms with van der Waals surface area (Å²) < 4.78 is 7.29. The number of aryl methyl sites for hydroxylation is 4. The Morgan fingerprint density at radius 3 is 1.13 bits per heavy atom. The third-order valence-electron chi connectivity index (χ3n) is 16.4. The van der Waals surface area contributed by atoms with Gasteiger partial charge in [-0.05, 0) is 151 Å². The van der Waals surface area contributed by atoms with Gasteiger partial charge in [0.1, 0.15) is 0 Å². The molecule has 0 aliphatic carbocycles. The van der Waals surface area contributed by atoms with Crippen molar-refractivity contribution in [3.05, 3.63) is 271 Å². The van der Waals surface area contributed by atoms with Crippen molar-refractivity contribution < 1.29 is 0 Å². The number of hydrogen-bond donors (Lipinski definition) is 0. The van der Waals surface area contributed by atoms with Gasteiger partial charge >= 0.3 is 0 Å². The molecule has 15 aromatic rings. The van der Waals surface area contributed by atoms with Crippen molar-refractivity contribution in [3.8, 4) is 73.2 Å². The molecular weight excluding hydrogens is 959 g/mol. The summed E-state index contributed by atoms with van der Waals surface area (Å²) in [5.41, 5.74) is 25.1. The van der Waals surface area contributed by atoms with Crippen LogP contribution in [-0.4, -0.2) is 23.7 Å². The van der Waals surface area contributed by atoms with Gasteiger partial charge in [-0.15, -0.1) is 0 Å². The van der Waals surface area contributed by atoms with Crippen LogP contribution < -0.4 is 0 Å². The minimum atomic E-state index is 0.735. The lowest BCUT2D eigenvalue weighted by Crippen LogP contribution is -1.98. The number of para-hydroxylation sites is 4. The summed E-state index contributed by atoms with van der Waals surface area (Å²) in [4.78, 5) is 10.3. The van der Waals surface area contributed by atoms with Gasteiger partial charge in [0.15, 0.2) is 5.82 Å². The molecule has 0 bridgehead atoms. The highest BCUT2D eigenvalue weighted by Gasteiger charge is 2.20. The highest BCUT2D eigenvalue weighted by molar-refractivity contribution is 6.14. The molecule has 15 rings (SSSR count). The highest BCUT2D eigenvalue weighted by Crippen LogP contribution is 2.41. The van der Waals surface area contributed by atoms with E-state index in [1.807, 2.05) is 0 Å². The lowest BCUT2D eigenvalue weighted by atomic mass is 9.91. The number of hydrogen-bond acceptors (Lipinski definition) is 2. The number of rotatable bonds is 8. The summed E-state index contributed by atoms with van der Waals surface area (Å²) in [5, 5.41) is 7.42. The SMILES string of the molecule is Cc1ccccc1-c1cc(-c2ccc(-c3c(C)cc(-c4ccc(-n5c6ccc(-n7c8ccccc8c8ccccc87)cc6c6cc(-n7c8ccccc8c8ccccc87)ccc65)cc4)cc3C)cc2)nc(-c2ccccc2C)n1. The largest absolute Gasteiger partial charge is 0.309 e. The summed E-state index contributed by atoms with van der Waals surface area (Å²) in [5.74, 6) is 0.735. The molecule has 0 aliphatic heterocycles. The lowest BCUT2D eigenvalue weighted by Gasteiger charge is -2.15. The van der Waals surface area contributed by atoms with Gasteiger partial charge in [-0.25, -0.2) is 9.97 Å². The molecular formula is C74H53N5. The molecule has 11 aromatic carbocycles. The van der Waals surface area contributed by atoms with E-state index in [1.165, 1.54) is 93.3 Å². The van der Waals surface area contributed by atoms with Crippen molar-refractivity contribution in [3.63, 3.8) is 0 Å². The van der Waals surface area contributed by atoms with Crippen LogP contribution in [0, 0.1) is 27.7 Å².